The highest BCUT2D eigenvalue weighted by molar-refractivity contribution is 9.10. The monoisotopic (exact) mass is 262 g/mol. The number of anilines is 1. The average Bonchev–Trinajstić information content (AvgIpc) is 2.71. The summed E-state index contributed by atoms with van der Waals surface area (Å²) < 4.78 is 0.885. The van der Waals surface area contributed by atoms with E-state index in [-0.39, 0.29) is 12.6 Å². The molecule has 0 saturated carbocycles. The summed E-state index contributed by atoms with van der Waals surface area (Å²) in [5.41, 5.74) is 0. The van der Waals surface area contributed by atoms with Gasteiger partial charge in [-0.3, -0.25) is 0 Å². The molecule has 2 heterocycles. The van der Waals surface area contributed by atoms with Crippen LogP contribution in [0.25, 0.3) is 0 Å². The first kappa shape index (κ1) is 9.43. The third-order valence-electron chi connectivity index (χ3n) is 2.30. The summed E-state index contributed by atoms with van der Waals surface area (Å²) in [6, 6.07) is 0.276. The third-order valence-corrected chi connectivity index (χ3v) is 3.88. The van der Waals surface area contributed by atoms with E-state index in [0.717, 1.165) is 29.1 Å². The number of halogens is 1. The molecule has 0 bridgehead atoms. The Kier molecular flexibility index (Phi) is 2.86. The van der Waals surface area contributed by atoms with E-state index in [1.54, 1.807) is 11.3 Å². The van der Waals surface area contributed by atoms with Gasteiger partial charge in [0.1, 0.15) is 4.60 Å². The fraction of sp³-hybridized carbons (Fsp3) is 0.625. The molecule has 0 aromatic carbocycles. The summed E-state index contributed by atoms with van der Waals surface area (Å²) >= 11 is 4.95. The third kappa shape index (κ3) is 1.87. The molecular formula is C8H11BrN2OS. The van der Waals surface area contributed by atoms with Crippen LogP contribution in [-0.4, -0.2) is 29.3 Å². The van der Waals surface area contributed by atoms with Gasteiger partial charge in [0.2, 0.25) is 0 Å². The van der Waals surface area contributed by atoms with Crippen LogP contribution in [0.4, 0.5) is 5.13 Å². The molecule has 13 heavy (non-hydrogen) atoms. The maximum absolute atomic E-state index is 9.13. The topological polar surface area (TPSA) is 36.4 Å². The lowest BCUT2D eigenvalue weighted by molar-refractivity contribution is 0.266. The number of aromatic nitrogens is 1. The van der Waals surface area contributed by atoms with Crippen molar-refractivity contribution in [3.63, 3.8) is 0 Å². The largest absolute Gasteiger partial charge is 0.394 e. The first-order chi connectivity index (χ1) is 6.31. The lowest BCUT2D eigenvalue weighted by atomic mass is 10.2. The lowest BCUT2D eigenvalue weighted by Gasteiger charge is -2.21. The number of aliphatic hydroxyl groups excluding tert-OH is 1. The highest BCUT2D eigenvalue weighted by Crippen LogP contribution is 2.29. The van der Waals surface area contributed by atoms with E-state index in [4.69, 9.17) is 5.11 Å². The van der Waals surface area contributed by atoms with E-state index in [9.17, 15) is 0 Å². The number of aliphatic hydroxyl groups is 1. The summed E-state index contributed by atoms with van der Waals surface area (Å²) in [7, 11) is 0. The van der Waals surface area contributed by atoms with Crippen LogP contribution in [0.2, 0.25) is 0 Å². The molecule has 0 radical (unpaired) electrons. The fourth-order valence-electron chi connectivity index (χ4n) is 1.65. The maximum atomic E-state index is 9.13. The molecule has 5 heteroatoms. The van der Waals surface area contributed by atoms with Crippen molar-refractivity contribution in [2.75, 3.05) is 18.1 Å². The Morgan fingerprint density at radius 3 is 3.23 bits per heavy atom. The molecule has 1 fully saturated rings. The first-order valence-electron chi connectivity index (χ1n) is 4.30. The van der Waals surface area contributed by atoms with Crippen LogP contribution in [0.15, 0.2) is 9.98 Å². The Labute approximate surface area is 89.5 Å². The first-order valence-corrected chi connectivity index (χ1v) is 5.97. The molecule has 1 aromatic heterocycles. The van der Waals surface area contributed by atoms with Crippen LogP contribution in [0.5, 0.6) is 0 Å². The molecule has 1 aromatic rings. The Morgan fingerprint density at radius 2 is 2.62 bits per heavy atom. The maximum Gasteiger partial charge on any atom is 0.186 e. The van der Waals surface area contributed by atoms with Gasteiger partial charge in [-0.15, -0.1) is 11.3 Å². The van der Waals surface area contributed by atoms with E-state index in [1.807, 2.05) is 5.38 Å². The summed E-state index contributed by atoms with van der Waals surface area (Å²) in [5, 5.41) is 12.1. The highest BCUT2D eigenvalue weighted by Gasteiger charge is 2.25. The summed E-state index contributed by atoms with van der Waals surface area (Å²) in [6.07, 6.45) is 2.23. The van der Waals surface area contributed by atoms with E-state index in [1.165, 1.54) is 0 Å². The van der Waals surface area contributed by atoms with Gasteiger partial charge in [0, 0.05) is 11.9 Å². The number of hydrogen-bond donors (Lipinski definition) is 1. The molecule has 1 atom stereocenters. The summed E-state index contributed by atoms with van der Waals surface area (Å²) in [4.78, 5) is 6.53. The van der Waals surface area contributed by atoms with Crippen LogP contribution in [0.1, 0.15) is 12.8 Å². The van der Waals surface area contributed by atoms with Crippen LogP contribution < -0.4 is 4.90 Å². The molecule has 1 saturated heterocycles. The van der Waals surface area contributed by atoms with Crippen molar-refractivity contribution in [2.45, 2.75) is 18.9 Å². The molecule has 0 spiro atoms. The van der Waals surface area contributed by atoms with E-state index < -0.39 is 0 Å². The van der Waals surface area contributed by atoms with Crippen molar-refractivity contribution < 1.29 is 5.11 Å². The van der Waals surface area contributed by atoms with Gasteiger partial charge in [-0.25, -0.2) is 4.98 Å². The fourth-order valence-corrected chi connectivity index (χ4v) is 3.00. The van der Waals surface area contributed by atoms with Gasteiger partial charge in [0.15, 0.2) is 5.13 Å². The number of rotatable bonds is 2. The van der Waals surface area contributed by atoms with Crippen molar-refractivity contribution in [3.05, 3.63) is 9.98 Å². The molecule has 1 aliphatic rings. The van der Waals surface area contributed by atoms with Gasteiger partial charge in [0.05, 0.1) is 12.6 Å². The van der Waals surface area contributed by atoms with E-state index in [0.29, 0.717) is 0 Å². The molecule has 1 aliphatic heterocycles. The number of thiazole rings is 1. The molecular weight excluding hydrogens is 252 g/mol. The molecule has 0 unspecified atom stereocenters. The van der Waals surface area contributed by atoms with Gasteiger partial charge in [0.25, 0.3) is 0 Å². The van der Waals surface area contributed by atoms with Crippen molar-refractivity contribution in [3.8, 4) is 0 Å². The van der Waals surface area contributed by atoms with Crippen LogP contribution in [0, 0.1) is 0 Å². The van der Waals surface area contributed by atoms with Gasteiger partial charge < -0.3 is 10.0 Å². The van der Waals surface area contributed by atoms with E-state index >= 15 is 0 Å². The smallest absolute Gasteiger partial charge is 0.186 e. The molecule has 2 rings (SSSR count). The SMILES string of the molecule is OC[C@H]1CCCN1c1nc(Br)cs1. The highest BCUT2D eigenvalue weighted by atomic mass is 79.9. The molecule has 0 aliphatic carbocycles. The van der Waals surface area contributed by atoms with Crippen LogP contribution >= 0.6 is 27.3 Å². The standard InChI is InChI=1S/C8H11BrN2OS/c9-7-5-13-8(10-7)11-3-1-2-6(11)4-12/h5-6,12H,1-4H2/t6-/m1/s1. The Bertz CT molecular complexity index is 291. The van der Waals surface area contributed by atoms with Crippen LogP contribution in [0.3, 0.4) is 0 Å². The summed E-state index contributed by atoms with van der Waals surface area (Å²) in [6.45, 7) is 1.25. The minimum Gasteiger partial charge on any atom is -0.394 e. The van der Waals surface area contributed by atoms with Crippen LogP contribution in [-0.2, 0) is 0 Å². The number of nitrogens with zero attached hydrogens (tertiary/aromatic N) is 2. The molecule has 3 nitrogen and oxygen atoms in total. The second kappa shape index (κ2) is 3.94. The summed E-state index contributed by atoms with van der Waals surface area (Å²) in [5.74, 6) is 0. The van der Waals surface area contributed by atoms with Crippen molar-refractivity contribution >= 4 is 32.4 Å². The normalized spacial score (nSPS) is 22.6. The lowest BCUT2D eigenvalue weighted by Crippen LogP contribution is -2.31. The Morgan fingerprint density at radius 1 is 1.77 bits per heavy atom. The van der Waals surface area contributed by atoms with Crippen molar-refractivity contribution in [1.29, 1.82) is 0 Å². The zero-order valence-corrected chi connectivity index (χ0v) is 9.51. The number of hydrogen-bond acceptors (Lipinski definition) is 4. The van der Waals surface area contributed by atoms with Gasteiger partial charge in [-0.1, -0.05) is 0 Å². The minimum absolute atomic E-state index is 0.233. The predicted octanol–water partition coefficient (Wildman–Crippen LogP) is 1.87. The average molecular weight is 263 g/mol. The Hall–Kier alpha value is -0.130. The molecule has 0 amide bonds. The van der Waals surface area contributed by atoms with Gasteiger partial charge in [-0.05, 0) is 28.8 Å². The quantitative estimate of drug-likeness (QED) is 0.884. The minimum atomic E-state index is 0.233. The van der Waals surface area contributed by atoms with E-state index in [2.05, 4.69) is 25.8 Å². The van der Waals surface area contributed by atoms with Gasteiger partial charge in [-0.2, -0.15) is 0 Å². The molecule has 72 valence electrons. The zero-order chi connectivity index (χ0) is 9.26. The second-order valence-electron chi connectivity index (χ2n) is 3.12. The van der Waals surface area contributed by atoms with Crippen molar-refractivity contribution in [2.24, 2.45) is 0 Å². The second-order valence-corrected chi connectivity index (χ2v) is 4.77. The predicted molar refractivity (Wildman–Crippen MR) is 57.3 cm³/mol. The Balaban J connectivity index is 2.15. The van der Waals surface area contributed by atoms with Gasteiger partial charge >= 0.3 is 0 Å². The van der Waals surface area contributed by atoms with Crippen molar-refractivity contribution in [1.82, 2.24) is 4.98 Å². The molecule has 1 N–H and O–H groups in total. The zero-order valence-electron chi connectivity index (χ0n) is 7.11.